The first-order chi connectivity index (χ1) is 4.72. The van der Waals surface area contributed by atoms with Gasteiger partial charge in [-0.25, -0.2) is 0 Å². The van der Waals surface area contributed by atoms with Crippen LogP contribution in [0.5, 0.6) is 0 Å². The molecule has 0 fully saturated rings. The van der Waals surface area contributed by atoms with Gasteiger partial charge in [-0.05, 0) is 18.3 Å². The van der Waals surface area contributed by atoms with E-state index in [-0.39, 0.29) is 0 Å². The summed E-state index contributed by atoms with van der Waals surface area (Å²) in [6.07, 6.45) is 4.02. The Labute approximate surface area is 63.8 Å². The molecule has 0 saturated carbocycles. The molecule has 2 atom stereocenters. The summed E-state index contributed by atoms with van der Waals surface area (Å²) >= 11 is 0. The number of aldehydes is 1. The van der Waals surface area contributed by atoms with Crippen LogP contribution in [0, 0.1) is 11.8 Å². The Bertz CT molecular complexity index is 88.7. The van der Waals surface area contributed by atoms with Crippen molar-refractivity contribution in [2.75, 3.05) is 0 Å². The second-order valence-electron chi connectivity index (χ2n) is 3.11. The van der Waals surface area contributed by atoms with Gasteiger partial charge >= 0.3 is 0 Å². The van der Waals surface area contributed by atoms with Gasteiger partial charge in [0.1, 0.15) is 6.29 Å². The second-order valence-corrected chi connectivity index (χ2v) is 3.11. The van der Waals surface area contributed by atoms with E-state index in [4.69, 9.17) is 0 Å². The molecule has 0 aromatic carbocycles. The van der Waals surface area contributed by atoms with Gasteiger partial charge in [-0.15, -0.1) is 0 Å². The zero-order valence-electron chi connectivity index (χ0n) is 7.26. The summed E-state index contributed by atoms with van der Waals surface area (Å²) in [5, 5.41) is 0. The Morgan fingerprint density at radius 3 is 2.30 bits per heavy atom. The summed E-state index contributed by atoms with van der Waals surface area (Å²) in [6.45, 7) is 6.66. The highest BCUT2D eigenvalue weighted by molar-refractivity contribution is 5.49. The van der Waals surface area contributed by atoms with Gasteiger partial charge in [-0.1, -0.05) is 27.2 Å². The van der Waals surface area contributed by atoms with Crippen molar-refractivity contribution in [1.82, 2.24) is 0 Å². The Hall–Kier alpha value is -0.330. The van der Waals surface area contributed by atoms with Crippen LogP contribution in [-0.4, -0.2) is 6.29 Å². The van der Waals surface area contributed by atoms with E-state index in [0.717, 1.165) is 25.0 Å². The molecule has 0 radical (unpaired) electrons. The van der Waals surface area contributed by atoms with Crippen molar-refractivity contribution in [3.8, 4) is 0 Å². The van der Waals surface area contributed by atoms with E-state index in [1.54, 1.807) is 0 Å². The van der Waals surface area contributed by atoms with Crippen LogP contribution in [0.2, 0.25) is 0 Å². The zero-order chi connectivity index (χ0) is 7.98. The largest absolute Gasteiger partial charge is 0.303 e. The summed E-state index contributed by atoms with van der Waals surface area (Å²) in [4.78, 5) is 10.0. The van der Waals surface area contributed by atoms with Crippen molar-refractivity contribution in [3.05, 3.63) is 0 Å². The standard InChI is InChI=1S/C9H18O/c1-4-8(2)9(3)6-5-7-10/h7-9H,4-6H2,1-3H3/t8?,9-/m0/s1. The Balaban J connectivity index is 3.40. The van der Waals surface area contributed by atoms with Crippen LogP contribution in [0.4, 0.5) is 0 Å². The lowest BCUT2D eigenvalue weighted by Gasteiger charge is -2.16. The van der Waals surface area contributed by atoms with Crippen LogP contribution < -0.4 is 0 Å². The molecule has 0 N–H and O–H groups in total. The summed E-state index contributed by atoms with van der Waals surface area (Å²) in [6, 6.07) is 0. The third-order valence-electron chi connectivity index (χ3n) is 2.36. The summed E-state index contributed by atoms with van der Waals surface area (Å²) < 4.78 is 0. The van der Waals surface area contributed by atoms with E-state index in [9.17, 15) is 4.79 Å². The molecule has 0 bridgehead atoms. The number of carbonyl (C=O) groups excluding carboxylic acids is 1. The Morgan fingerprint density at radius 2 is 1.90 bits per heavy atom. The minimum absolute atomic E-state index is 0.704. The van der Waals surface area contributed by atoms with E-state index in [1.807, 2.05) is 0 Å². The molecule has 0 amide bonds. The molecule has 10 heavy (non-hydrogen) atoms. The molecule has 0 rings (SSSR count). The maximum atomic E-state index is 10.0. The molecule has 0 spiro atoms. The molecule has 1 unspecified atom stereocenters. The molecule has 0 saturated heterocycles. The van der Waals surface area contributed by atoms with Gasteiger partial charge in [-0.3, -0.25) is 0 Å². The van der Waals surface area contributed by atoms with E-state index in [0.29, 0.717) is 5.92 Å². The number of rotatable bonds is 5. The van der Waals surface area contributed by atoms with Crippen LogP contribution in [0.25, 0.3) is 0 Å². The topological polar surface area (TPSA) is 17.1 Å². The monoisotopic (exact) mass is 142 g/mol. The minimum Gasteiger partial charge on any atom is -0.303 e. The third-order valence-corrected chi connectivity index (χ3v) is 2.36. The van der Waals surface area contributed by atoms with Gasteiger partial charge in [-0.2, -0.15) is 0 Å². The lowest BCUT2D eigenvalue weighted by Crippen LogP contribution is -2.06. The fourth-order valence-corrected chi connectivity index (χ4v) is 1.02. The van der Waals surface area contributed by atoms with Gasteiger partial charge < -0.3 is 4.79 Å². The molecular weight excluding hydrogens is 124 g/mol. The van der Waals surface area contributed by atoms with Crippen LogP contribution in [0.3, 0.4) is 0 Å². The van der Waals surface area contributed by atoms with Gasteiger partial charge in [0.15, 0.2) is 0 Å². The Morgan fingerprint density at radius 1 is 1.30 bits per heavy atom. The average molecular weight is 142 g/mol. The molecule has 1 nitrogen and oxygen atoms in total. The predicted molar refractivity (Wildman–Crippen MR) is 43.9 cm³/mol. The maximum absolute atomic E-state index is 10.0. The average Bonchev–Trinajstić information content (AvgIpc) is 1.98. The van der Waals surface area contributed by atoms with Crippen LogP contribution in [-0.2, 0) is 4.79 Å². The third kappa shape index (κ3) is 3.65. The predicted octanol–water partition coefficient (Wildman–Crippen LogP) is 2.65. The fourth-order valence-electron chi connectivity index (χ4n) is 1.02. The molecule has 0 aromatic rings. The highest BCUT2D eigenvalue weighted by Gasteiger charge is 2.08. The minimum atomic E-state index is 0.704. The number of carbonyl (C=O) groups is 1. The number of hydrogen-bond donors (Lipinski definition) is 0. The first-order valence-corrected chi connectivity index (χ1v) is 4.16. The van der Waals surface area contributed by atoms with Gasteiger partial charge in [0, 0.05) is 6.42 Å². The SMILES string of the molecule is CCC(C)[C@@H](C)CCC=O. The second kappa shape index (κ2) is 5.45. The summed E-state index contributed by atoms with van der Waals surface area (Å²) in [5.41, 5.74) is 0. The first kappa shape index (κ1) is 9.67. The van der Waals surface area contributed by atoms with Crippen molar-refractivity contribution < 1.29 is 4.79 Å². The van der Waals surface area contributed by atoms with E-state index < -0.39 is 0 Å². The lowest BCUT2D eigenvalue weighted by atomic mass is 9.90. The lowest BCUT2D eigenvalue weighted by molar-refractivity contribution is -0.108. The van der Waals surface area contributed by atoms with Crippen LogP contribution in [0.15, 0.2) is 0 Å². The van der Waals surface area contributed by atoms with Crippen molar-refractivity contribution in [2.45, 2.75) is 40.0 Å². The highest BCUT2D eigenvalue weighted by atomic mass is 16.1. The molecule has 0 aliphatic heterocycles. The van der Waals surface area contributed by atoms with Crippen molar-refractivity contribution >= 4 is 6.29 Å². The van der Waals surface area contributed by atoms with Crippen molar-refractivity contribution in [1.29, 1.82) is 0 Å². The molecule has 0 aliphatic carbocycles. The van der Waals surface area contributed by atoms with Crippen LogP contribution in [0.1, 0.15) is 40.0 Å². The number of hydrogen-bond acceptors (Lipinski definition) is 1. The van der Waals surface area contributed by atoms with Gasteiger partial charge in [0.05, 0.1) is 0 Å². The van der Waals surface area contributed by atoms with E-state index in [2.05, 4.69) is 20.8 Å². The van der Waals surface area contributed by atoms with Gasteiger partial charge in [0.2, 0.25) is 0 Å². The normalized spacial score (nSPS) is 16.3. The molecule has 1 heteroatoms. The van der Waals surface area contributed by atoms with E-state index in [1.165, 1.54) is 6.42 Å². The smallest absolute Gasteiger partial charge is 0.120 e. The molecule has 60 valence electrons. The van der Waals surface area contributed by atoms with Gasteiger partial charge in [0.25, 0.3) is 0 Å². The molecular formula is C9H18O. The van der Waals surface area contributed by atoms with E-state index >= 15 is 0 Å². The Kier molecular flexibility index (Phi) is 5.27. The molecule has 0 aliphatic rings. The quantitative estimate of drug-likeness (QED) is 0.539. The van der Waals surface area contributed by atoms with Crippen molar-refractivity contribution in [3.63, 3.8) is 0 Å². The van der Waals surface area contributed by atoms with Crippen LogP contribution >= 0.6 is 0 Å². The molecule has 0 aromatic heterocycles. The first-order valence-electron chi connectivity index (χ1n) is 4.16. The zero-order valence-corrected chi connectivity index (χ0v) is 7.26. The maximum Gasteiger partial charge on any atom is 0.120 e. The molecule has 0 heterocycles. The fraction of sp³-hybridized carbons (Fsp3) is 0.889. The highest BCUT2D eigenvalue weighted by Crippen LogP contribution is 2.18. The summed E-state index contributed by atoms with van der Waals surface area (Å²) in [7, 11) is 0. The van der Waals surface area contributed by atoms with Crippen molar-refractivity contribution in [2.24, 2.45) is 11.8 Å². The summed E-state index contributed by atoms with van der Waals surface area (Å²) in [5.74, 6) is 1.47.